The Morgan fingerprint density at radius 3 is 2.87 bits per heavy atom. The molecule has 0 aliphatic carbocycles. The Labute approximate surface area is 132 Å². The van der Waals surface area contributed by atoms with Crippen LogP contribution in [0, 0.1) is 11.3 Å². The number of carbonyl (C=O) groups excluding carboxylic acids is 1. The summed E-state index contributed by atoms with van der Waals surface area (Å²) < 4.78 is 10.6. The second-order valence-corrected chi connectivity index (χ2v) is 5.05. The molecule has 5 heteroatoms. The molecule has 3 aromatic rings. The molecule has 0 fully saturated rings. The molecule has 0 amide bonds. The molecule has 1 heterocycles. The van der Waals surface area contributed by atoms with Crippen LogP contribution in [0.4, 0.5) is 0 Å². The van der Waals surface area contributed by atoms with E-state index in [0.29, 0.717) is 22.3 Å². The highest BCUT2D eigenvalue weighted by molar-refractivity contribution is 5.86. The van der Waals surface area contributed by atoms with Gasteiger partial charge in [-0.25, -0.2) is 0 Å². The highest BCUT2D eigenvalue weighted by Crippen LogP contribution is 2.25. The first-order chi connectivity index (χ1) is 11.2. The van der Waals surface area contributed by atoms with Crippen LogP contribution in [0.2, 0.25) is 0 Å². The maximum Gasteiger partial charge on any atom is 0.310 e. The summed E-state index contributed by atoms with van der Waals surface area (Å²) in [4.78, 5) is 12.0. The minimum Gasteiger partial charge on any atom is -0.508 e. The zero-order valence-corrected chi connectivity index (χ0v) is 12.2. The number of esters is 1. The molecule has 0 saturated heterocycles. The lowest BCUT2D eigenvalue weighted by Gasteiger charge is -2.05. The third-order valence-corrected chi connectivity index (χ3v) is 3.50. The molecule has 0 atom stereocenters. The number of nitriles is 1. The van der Waals surface area contributed by atoms with E-state index in [2.05, 4.69) is 6.07 Å². The number of carbonyl (C=O) groups is 1. The third kappa shape index (κ3) is 3.16. The van der Waals surface area contributed by atoms with Gasteiger partial charge in [-0.15, -0.1) is 0 Å². The van der Waals surface area contributed by atoms with Gasteiger partial charge in [-0.1, -0.05) is 18.2 Å². The molecule has 5 nitrogen and oxygen atoms in total. The standard InChI is InChI=1S/C18H13NO4/c19-9-12-3-1-2-4-13(12)10-23-18(21)7-14-11-22-17-8-15(20)5-6-16(14)17/h1-6,8,11,20H,7,10H2. The van der Waals surface area contributed by atoms with Crippen LogP contribution in [0.5, 0.6) is 5.75 Å². The van der Waals surface area contributed by atoms with Crippen LogP contribution in [0.25, 0.3) is 11.0 Å². The van der Waals surface area contributed by atoms with Crippen LogP contribution in [0.15, 0.2) is 53.1 Å². The zero-order valence-electron chi connectivity index (χ0n) is 12.2. The fourth-order valence-corrected chi connectivity index (χ4v) is 2.33. The molecule has 0 aliphatic heterocycles. The summed E-state index contributed by atoms with van der Waals surface area (Å²) in [7, 11) is 0. The van der Waals surface area contributed by atoms with Crippen molar-refractivity contribution in [3.8, 4) is 11.8 Å². The van der Waals surface area contributed by atoms with Crippen LogP contribution >= 0.6 is 0 Å². The SMILES string of the molecule is N#Cc1ccccc1COC(=O)Cc1coc2cc(O)ccc12. The molecule has 1 N–H and O–H groups in total. The van der Waals surface area contributed by atoms with Gasteiger partial charge >= 0.3 is 5.97 Å². The van der Waals surface area contributed by atoms with E-state index in [0.717, 1.165) is 5.39 Å². The number of hydrogen-bond donors (Lipinski definition) is 1. The van der Waals surface area contributed by atoms with E-state index in [1.807, 2.05) is 0 Å². The second-order valence-electron chi connectivity index (χ2n) is 5.05. The number of ether oxygens (including phenoxy) is 1. The molecular formula is C18H13NO4. The summed E-state index contributed by atoms with van der Waals surface area (Å²) in [5.74, 6) is -0.303. The Morgan fingerprint density at radius 1 is 1.22 bits per heavy atom. The molecule has 0 radical (unpaired) electrons. The Hall–Kier alpha value is -3.26. The highest BCUT2D eigenvalue weighted by Gasteiger charge is 2.12. The number of hydrogen-bond acceptors (Lipinski definition) is 5. The fourth-order valence-electron chi connectivity index (χ4n) is 2.33. The number of rotatable bonds is 4. The van der Waals surface area contributed by atoms with Gasteiger partial charge in [-0.3, -0.25) is 4.79 Å². The van der Waals surface area contributed by atoms with Gasteiger partial charge in [-0.05, 0) is 18.2 Å². The van der Waals surface area contributed by atoms with E-state index < -0.39 is 5.97 Å². The molecular weight excluding hydrogens is 294 g/mol. The van der Waals surface area contributed by atoms with Crippen LogP contribution in [0.3, 0.4) is 0 Å². The maximum absolute atomic E-state index is 12.0. The molecule has 0 spiro atoms. The fraction of sp³-hybridized carbons (Fsp3) is 0.111. The average molecular weight is 307 g/mol. The molecule has 1 aromatic heterocycles. The van der Waals surface area contributed by atoms with Crippen molar-refractivity contribution in [1.29, 1.82) is 5.26 Å². The topological polar surface area (TPSA) is 83.5 Å². The largest absolute Gasteiger partial charge is 0.508 e. The predicted molar refractivity (Wildman–Crippen MR) is 82.5 cm³/mol. The number of phenolic OH excluding ortho intramolecular Hbond substituents is 1. The average Bonchev–Trinajstić information content (AvgIpc) is 2.95. The summed E-state index contributed by atoms with van der Waals surface area (Å²) in [5.41, 5.74) is 2.37. The van der Waals surface area contributed by atoms with Gasteiger partial charge in [0.1, 0.15) is 17.9 Å². The minimum atomic E-state index is -0.409. The molecule has 0 bridgehead atoms. The lowest BCUT2D eigenvalue weighted by Crippen LogP contribution is -2.08. The van der Waals surface area contributed by atoms with Gasteiger partial charge in [0.15, 0.2) is 0 Å². The van der Waals surface area contributed by atoms with Crippen molar-refractivity contribution < 1.29 is 19.1 Å². The Morgan fingerprint density at radius 2 is 2.04 bits per heavy atom. The van der Waals surface area contributed by atoms with Crippen LogP contribution in [0.1, 0.15) is 16.7 Å². The number of furan rings is 1. The van der Waals surface area contributed by atoms with Gasteiger partial charge in [0.25, 0.3) is 0 Å². The van der Waals surface area contributed by atoms with Crippen molar-refractivity contribution in [1.82, 2.24) is 0 Å². The Kier molecular flexibility index (Phi) is 3.98. The maximum atomic E-state index is 12.0. The van der Waals surface area contributed by atoms with Gasteiger partial charge in [-0.2, -0.15) is 5.26 Å². The lowest BCUT2D eigenvalue weighted by molar-refractivity contribution is -0.144. The van der Waals surface area contributed by atoms with E-state index >= 15 is 0 Å². The van der Waals surface area contributed by atoms with Crippen molar-refractivity contribution in [2.45, 2.75) is 13.0 Å². The monoisotopic (exact) mass is 307 g/mol. The first-order valence-electron chi connectivity index (χ1n) is 7.00. The number of nitrogens with zero attached hydrogens (tertiary/aromatic N) is 1. The number of fused-ring (bicyclic) bond motifs is 1. The van der Waals surface area contributed by atoms with E-state index in [-0.39, 0.29) is 18.8 Å². The van der Waals surface area contributed by atoms with E-state index in [1.54, 1.807) is 30.3 Å². The summed E-state index contributed by atoms with van der Waals surface area (Å²) in [6, 6.07) is 13.8. The Balaban J connectivity index is 1.68. The molecule has 3 rings (SSSR count). The van der Waals surface area contributed by atoms with Crippen LogP contribution < -0.4 is 0 Å². The van der Waals surface area contributed by atoms with E-state index in [4.69, 9.17) is 14.4 Å². The summed E-state index contributed by atoms with van der Waals surface area (Å²) >= 11 is 0. The molecule has 0 unspecified atom stereocenters. The summed E-state index contributed by atoms with van der Waals surface area (Å²) in [6.45, 7) is 0.0547. The number of benzene rings is 2. The lowest BCUT2D eigenvalue weighted by atomic mass is 10.1. The van der Waals surface area contributed by atoms with Gasteiger partial charge in [0.2, 0.25) is 0 Å². The smallest absolute Gasteiger partial charge is 0.310 e. The van der Waals surface area contributed by atoms with Gasteiger partial charge < -0.3 is 14.3 Å². The summed E-state index contributed by atoms with van der Waals surface area (Å²) in [6.07, 6.45) is 1.54. The van der Waals surface area contributed by atoms with E-state index in [9.17, 15) is 9.90 Å². The third-order valence-electron chi connectivity index (χ3n) is 3.50. The number of phenols is 1. The first kappa shape index (κ1) is 14.7. The molecule has 0 aliphatic rings. The van der Waals surface area contributed by atoms with Crippen LogP contribution in [-0.4, -0.2) is 11.1 Å². The molecule has 114 valence electrons. The minimum absolute atomic E-state index is 0.0547. The predicted octanol–water partition coefficient (Wildman–Crippen LogP) is 3.30. The normalized spacial score (nSPS) is 10.4. The van der Waals surface area contributed by atoms with Crippen molar-refractivity contribution >= 4 is 16.9 Å². The van der Waals surface area contributed by atoms with Gasteiger partial charge in [0.05, 0.1) is 24.3 Å². The van der Waals surface area contributed by atoms with Crippen molar-refractivity contribution in [3.63, 3.8) is 0 Å². The van der Waals surface area contributed by atoms with Crippen molar-refractivity contribution in [2.75, 3.05) is 0 Å². The Bertz CT molecular complexity index is 905. The zero-order chi connectivity index (χ0) is 16.2. The molecule has 23 heavy (non-hydrogen) atoms. The summed E-state index contributed by atoms with van der Waals surface area (Å²) in [5, 5.41) is 19.2. The van der Waals surface area contributed by atoms with Crippen molar-refractivity contribution in [3.05, 3.63) is 65.4 Å². The first-order valence-corrected chi connectivity index (χ1v) is 7.00. The van der Waals surface area contributed by atoms with Gasteiger partial charge in [0, 0.05) is 22.6 Å². The second kappa shape index (κ2) is 6.24. The molecule has 0 saturated carbocycles. The number of aromatic hydroxyl groups is 1. The van der Waals surface area contributed by atoms with Crippen LogP contribution in [-0.2, 0) is 22.6 Å². The highest BCUT2D eigenvalue weighted by atomic mass is 16.5. The quantitative estimate of drug-likeness (QED) is 0.748. The van der Waals surface area contributed by atoms with Crippen molar-refractivity contribution in [2.24, 2.45) is 0 Å². The van der Waals surface area contributed by atoms with E-state index in [1.165, 1.54) is 18.4 Å². The molecule has 2 aromatic carbocycles.